The standard InChI is InChI=1S/C13H16BrN3/c1-9(2)17-13(7-10(8-15)16-17)11-5-3-4-6-12(11)14/h3-7,9H,8,15H2,1-2H3. The molecule has 1 heterocycles. The fourth-order valence-electron chi connectivity index (χ4n) is 1.81. The molecule has 1 aromatic carbocycles. The van der Waals surface area contributed by atoms with Crippen LogP contribution in [0.5, 0.6) is 0 Å². The molecule has 2 N–H and O–H groups in total. The van der Waals surface area contributed by atoms with Gasteiger partial charge in [0.2, 0.25) is 0 Å². The summed E-state index contributed by atoms with van der Waals surface area (Å²) in [4.78, 5) is 0. The third-order valence-corrected chi connectivity index (χ3v) is 3.33. The first-order valence-electron chi connectivity index (χ1n) is 5.67. The quantitative estimate of drug-likeness (QED) is 0.943. The molecular weight excluding hydrogens is 278 g/mol. The molecule has 0 aliphatic rings. The summed E-state index contributed by atoms with van der Waals surface area (Å²) in [5, 5.41) is 4.52. The zero-order valence-corrected chi connectivity index (χ0v) is 11.6. The van der Waals surface area contributed by atoms with Crippen LogP contribution in [0.25, 0.3) is 11.3 Å². The van der Waals surface area contributed by atoms with Gasteiger partial charge in [0.25, 0.3) is 0 Å². The van der Waals surface area contributed by atoms with Gasteiger partial charge >= 0.3 is 0 Å². The smallest absolute Gasteiger partial charge is 0.0767 e. The van der Waals surface area contributed by atoms with Gasteiger partial charge < -0.3 is 5.73 Å². The summed E-state index contributed by atoms with van der Waals surface area (Å²) in [5.74, 6) is 0. The van der Waals surface area contributed by atoms with Crippen molar-refractivity contribution >= 4 is 15.9 Å². The van der Waals surface area contributed by atoms with Crippen molar-refractivity contribution in [3.63, 3.8) is 0 Å². The molecule has 0 amide bonds. The molecule has 2 rings (SSSR count). The maximum atomic E-state index is 5.66. The van der Waals surface area contributed by atoms with E-state index >= 15 is 0 Å². The average molecular weight is 294 g/mol. The van der Waals surface area contributed by atoms with E-state index in [2.05, 4.69) is 47.0 Å². The van der Waals surface area contributed by atoms with E-state index in [-0.39, 0.29) is 0 Å². The lowest BCUT2D eigenvalue weighted by molar-refractivity contribution is 0.532. The Labute approximate surface area is 110 Å². The Bertz CT molecular complexity index is 517. The van der Waals surface area contributed by atoms with E-state index in [1.807, 2.05) is 22.9 Å². The molecule has 4 heteroatoms. The van der Waals surface area contributed by atoms with Gasteiger partial charge in [-0.25, -0.2) is 0 Å². The van der Waals surface area contributed by atoms with Gasteiger partial charge in [-0.3, -0.25) is 4.68 Å². The highest BCUT2D eigenvalue weighted by Gasteiger charge is 2.13. The van der Waals surface area contributed by atoms with Crippen LogP contribution >= 0.6 is 15.9 Å². The van der Waals surface area contributed by atoms with Crippen molar-refractivity contribution in [2.45, 2.75) is 26.4 Å². The zero-order valence-electron chi connectivity index (χ0n) is 10.0. The number of hydrogen-bond donors (Lipinski definition) is 1. The van der Waals surface area contributed by atoms with Crippen molar-refractivity contribution in [3.8, 4) is 11.3 Å². The Morgan fingerprint density at radius 1 is 1.35 bits per heavy atom. The molecule has 0 saturated carbocycles. The number of nitrogens with zero attached hydrogens (tertiary/aromatic N) is 2. The van der Waals surface area contributed by atoms with E-state index < -0.39 is 0 Å². The van der Waals surface area contributed by atoms with E-state index in [1.54, 1.807) is 0 Å². The molecule has 0 saturated heterocycles. The van der Waals surface area contributed by atoms with Gasteiger partial charge in [-0.05, 0) is 26.0 Å². The third-order valence-electron chi connectivity index (χ3n) is 2.63. The van der Waals surface area contributed by atoms with Gasteiger partial charge in [0.05, 0.1) is 11.4 Å². The lowest BCUT2D eigenvalue weighted by atomic mass is 10.1. The summed E-state index contributed by atoms with van der Waals surface area (Å²) in [6.07, 6.45) is 0. The first kappa shape index (κ1) is 12.3. The molecule has 0 fully saturated rings. The predicted octanol–water partition coefficient (Wildman–Crippen LogP) is 3.35. The molecule has 0 unspecified atom stereocenters. The Balaban J connectivity index is 2.58. The van der Waals surface area contributed by atoms with Crippen LogP contribution in [0, 0.1) is 0 Å². The molecule has 90 valence electrons. The third kappa shape index (κ3) is 2.42. The van der Waals surface area contributed by atoms with Crippen LogP contribution in [0.3, 0.4) is 0 Å². The normalized spacial score (nSPS) is 11.1. The maximum absolute atomic E-state index is 5.66. The second kappa shape index (κ2) is 5.02. The van der Waals surface area contributed by atoms with Crippen molar-refractivity contribution in [2.24, 2.45) is 5.73 Å². The Morgan fingerprint density at radius 2 is 2.06 bits per heavy atom. The second-order valence-electron chi connectivity index (χ2n) is 4.24. The van der Waals surface area contributed by atoms with E-state index in [0.29, 0.717) is 12.6 Å². The van der Waals surface area contributed by atoms with Crippen LogP contribution in [0.15, 0.2) is 34.8 Å². The molecule has 2 aromatic rings. The van der Waals surface area contributed by atoms with Crippen LogP contribution < -0.4 is 5.73 Å². The van der Waals surface area contributed by atoms with Gasteiger partial charge in [-0.15, -0.1) is 0 Å². The number of benzene rings is 1. The molecule has 0 aliphatic carbocycles. The summed E-state index contributed by atoms with van der Waals surface area (Å²) in [5.41, 5.74) is 8.83. The van der Waals surface area contributed by atoms with Crippen LogP contribution in [0.4, 0.5) is 0 Å². The number of hydrogen-bond acceptors (Lipinski definition) is 2. The maximum Gasteiger partial charge on any atom is 0.0767 e. The van der Waals surface area contributed by atoms with Gasteiger partial charge in [0.1, 0.15) is 0 Å². The van der Waals surface area contributed by atoms with Gasteiger partial charge in [-0.1, -0.05) is 34.1 Å². The summed E-state index contributed by atoms with van der Waals surface area (Å²) in [6.45, 7) is 4.71. The summed E-state index contributed by atoms with van der Waals surface area (Å²) in [7, 11) is 0. The number of nitrogens with two attached hydrogens (primary N) is 1. The summed E-state index contributed by atoms with van der Waals surface area (Å²) in [6, 6.07) is 10.5. The average Bonchev–Trinajstić information content (AvgIpc) is 2.73. The minimum absolute atomic E-state index is 0.317. The lowest BCUT2D eigenvalue weighted by Crippen LogP contribution is -2.06. The van der Waals surface area contributed by atoms with Gasteiger partial charge in [0, 0.05) is 22.6 Å². The minimum Gasteiger partial charge on any atom is -0.325 e. The molecule has 0 bridgehead atoms. The van der Waals surface area contributed by atoms with Crippen LogP contribution in [0.1, 0.15) is 25.6 Å². The zero-order chi connectivity index (χ0) is 12.4. The van der Waals surface area contributed by atoms with Crippen molar-refractivity contribution in [1.29, 1.82) is 0 Å². The van der Waals surface area contributed by atoms with Gasteiger partial charge in [-0.2, -0.15) is 5.10 Å². The number of halogens is 1. The fourth-order valence-corrected chi connectivity index (χ4v) is 2.30. The monoisotopic (exact) mass is 293 g/mol. The predicted molar refractivity (Wildman–Crippen MR) is 73.6 cm³/mol. The Morgan fingerprint density at radius 3 is 2.65 bits per heavy atom. The molecule has 17 heavy (non-hydrogen) atoms. The van der Waals surface area contributed by atoms with E-state index in [0.717, 1.165) is 21.4 Å². The highest BCUT2D eigenvalue weighted by molar-refractivity contribution is 9.10. The molecule has 0 aliphatic heterocycles. The highest BCUT2D eigenvalue weighted by atomic mass is 79.9. The first-order chi connectivity index (χ1) is 8.13. The number of aromatic nitrogens is 2. The van der Waals surface area contributed by atoms with Gasteiger partial charge in [0.15, 0.2) is 0 Å². The summed E-state index contributed by atoms with van der Waals surface area (Å²) < 4.78 is 3.09. The lowest BCUT2D eigenvalue weighted by Gasteiger charge is -2.11. The van der Waals surface area contributed by atoms with Crippen molar-refractivity contribution in [2.75, 3.05) is 0 Å². The second-order valence-corrected chi connectivity index (χ2v) is 5.10. The molecular formula is C13H16BrN3. The van der Waals surface area contributed by atoms with Crippen molar-refractivity contribution in [1.82, 2.24) is 9.78 Å². The van der Waals surface area contributed by atoms with E-state index in [9.17, 15) is 0 Å². The van der Waals surface area contributed by atoms with E-state index in [1.165, 1.54) is 0 Å². The van der Waals surface area contributed by atoms with Crippen LogP contribution in [-0.4, -0.2) is 9.78 Å². The number of rotatable bonds is 3. The molecule has 0 atom stereocenters. The topological polar surface area (TPSA) is 43.8 Å². The van der Waals surface area contributed by atoms with Crippen LogP contribution in [-0.2, 0) is 6.54 Å². The largest absolute Gasteiger partial charge is 0.325 e. The van der Waals surface area contributed by atoms with E-state index in [4.69, 9.17) is 5.73 Å². The Kier molecular flexibility index (Phi) is 3.64. The molecule has 1 aromatic heterocycles. The van der Waals surface area contributed by atoms with Crippen LogP contribution in [0.2, 0.25) is 0 Å². The first-order valence-corrected chi connectivity index (χ1v) is 6.46. The molecule has 0 spiro atoms. The highest BCUT2D eigenvalue weighted by Crippen LogP contribution is 2.30. The fraction of sp³-hybridized carbons (Fsp3) is 0.308. The molecule has 3 nitrogen and oxygen atoms in total. The van der Waals surface area contributed by atoms with Crippen molar-refractivity contribution in [3.05, 3.63) is 40.5 Å². The SMILES string of the molecule is CC(C)n1nc(CN)cc1-c1ccccc1Br. The van der Waals surface area contributed by atoms with Crippen molar-refractivity contribution < 1.29 is 0 Å². The minimum atomic E-state index is 0.317. The molecule has 0 radical (unpaired) electrons. The Hall–Kier alpha value is -1.13. The summed E-state index contributed by atoms with van der Waals surface area (Å²) >= 11 is 3.58.